The van der Waals surface area contributed by atoms with Crippen molar-refractivity contribution in [3.8, 4) is 5.88 Å². The molecule has 0 aliphatic carbocycles. The van der Waals surface area contributed by atoms with Crippen LogP contribution in [0.4, 0.5) is 5.69 Å². The van der Waals surface area contributed by atoms with Crippen molar-refractivity contribution < 1.29 is 14.3 Å². The first-order chi connectivity index (χ1) is 10.8. The van der Waals surface area contributed by atoms with E-state index in [9.17, 15) is 4.79 Å². The Morgan fingerprint density at radius 1 is 1.39 bits per heavy atom. The zero-order chi connectivity index (χ0) is 17.5. The van der Waals surface area contributed by atoms with Crippen LogP contribution < -0.4 is 10.1 Å². The molecule has 130 valence electrons. The minimum absolute atomic E-state index is 0.134. The number of pyridine rings is 1. The van der Waals surface area contributed by atoms with E-state index >= 15 is 0 Å². The molecule has 0 fully saturated rings. The number of amides is 1. The lowest BCUT2D eigenvalue weighted by atomic mass is 9.93. The molecule has 0 spiro atoms. The minimum Gasteiger partial charge on any atom is -0.478 e. The molecule has 1 rings (SSSR count). The van der Waals surface area contributed by atoms with Crippen molar-refractivity contribution in [1.82, 2.24) is 4.98 Å². The molecule has 0 aliphatic heterocycles. The number of aromatic nitrogens is 1. The minimum atomic E-state index is -0.837. The number of nitrogens with one attached hydrogen (secondary N) is 1. The summed E-state index contributed by atoms with van der Waals surface area (Å²) >= 11 is 0. The van der Waals surface area contributed by atoms with E-state index in [4.69, 9.17) is 9.47 Å². The van der Waals surface area contributed by atoms with Crippen molar-refractivity contribution in [2.45, 2.75) is 60.0 Å². The van der Waals surface area contributed by atoms with E-state index in [1.165, 1.54) is 0 Å². The third kappa shape index (κ3) is 5.82. The fourth-order valence-corrected chi connectivity index (χ4v) is 2.51. The Bertz CT molecular complexity index is 517. The number of hydrogen-bond donors (Lipinski definition) is 1. The Morgan fingerprint density at radius 2 is 2.09 bits per heavy atom. The van der Waals surface area contributed by atoms with Crippen molar-refractivity contribution in [3.63, 3.8) is 0 Å². The number of aryl methyl sites for hydroxylation is 1. The second kappa shape index (κ2) is 8.87. The van der Waals surface area contributed by atoms with E-state index < -0.39 is 5.60 Å². The lowest BCUT2D eigenvalue weighted by Crippen LogP contribution is -2.44. The number of rotatable bonds is 9. The predicted molar refractivity (Wildman–Crippen MR) is 92.9 cm³/mol. The lowest BCUT2D eigenvalue weighted by molar-refractivity contribution is -0.141. The van der Waals surface area contributed by atoms with Gasteiger partial charge < -0.3 is 14.8 Å². The summed E-state index contributed by atoms with van der Waals surface area (Å²) in [6.07, 6.45) is 3.17. The molecule has 0 aliphatic rings. The Kier molecular flexibility index (Phi) is 7.49. The third-order valence-electron chi connectivity index (χ3n) is 3.47. The summed E-state index contributed by atoms with van der Waals surface area (Å²) < 4.78 is 11.3. The van der Waals surface area contributed by atoms with Crippen LogP contribution in [0.25, 0.3) is 0 Å². The van der Waals surface area contributed by atoms with Gasteiger partial charge in [-0.15, -0.1) is 0 Å². The van der Waals surface area contributed by atoms with Gasteiger partial charge in [0, 0.05) is 12.2 Å². The van der Waals surface area contributed by atoms with Crippen LogP contribution in [0.1, 0.15) is 53.0 Å². The molecular weight excluding hydrogens is 292 g/mol. The molecule has 0 unspecified atom stereocenters. The summed E-state index contributed by atoms with van der Waals surface area (Å²) in [5.74, 6) is 0.825. The number of anilines is 1. The Labute approximate surface area is 139 Å². The fourth-order valence-electron chi connectivity index (χ4n) is 2.51. The number of nitrogens with zero attached hydrogens (tertiary/aromatic N) is 1. The fraction of sp³-hybridized carbons (Fsp3) is 0.667. The normalized spacial score (nSPS) is 13.7. The molecule has 5 heteroatoms. The van der Waals surface area contributed by atoms with Gasteiger partial charge in [-0.05, 0) is 45.6 Å². The quantitative estimate of drug-likeness (QED) is 0.747. The molecule has 1 aromatic heterocycles. The van der Waals surface area contributed by atoms with Gasteiger partial charge in [-0.1, -0.05) is 20.8 Å². The van der Waals surface area contributed by atoms with Gasteiger partial charge in [0.15, 0.2) is 0 Å². The molecule has 1 aromatic rings. The molecule has 1 N–H and O–H groups in total. The van der Waals surface area contributed by atoms with E-state index in [2.05, 4.69) is 24.1 Å². The molecule has 0 saturated carbocycles. The second-order valence-corrected chi connectivity index (χ2v) is 6.41. The van der Waals surface area contributed by atoms with Crippen molar-refractivity contribution in [3.05, 3.63) is 17.8 Å². The number of carbonyl (C=O) groups is 1. The summed E-state index contributed by atoms with van der Waals surface area (Å²) in [5.41, 5.74) is 0.715. The first-order valence-corrected chi connectivity index (χ1v) is 8.37. The monoisotopic (exact) mass is 322 g/mol. The van der Waals surface area contributed by atoms with Crippen LogP contribution in [0, 0.1) is 12.8 Å². The molecule has 0 aromatic carbocycles. The van der Waals surface area contributed by atoms with Gasteiger partial charge in [0.05, 0.1) is 18.5 Å². The van der Waals surface area contributed by atoms with Crippen LogP contribution in [-0.2, 0) is 9.53 Å². The smallest absolute Gasteiger partial charge is 0.256 e. The van der Waals surface area contributed by atoms with E-state index in [-0.39, 0.29) is 5.91 Å². The summed E-state index contributed by atoms with van der Waals surface area (Å²) in [5, 5.41) is 2.92. The molecule has 0 bridgehead atoms. The maximum Gasteiger partial charge on any atom is 0.256 e. The van der Waals surface area contributed by atoms with E-state index in [1.54, 1.807) is 6.20 Å². The number of carbonyl (C=O) groups excluding carboxylic acids is 1. The van der Waals surface area contributed by atoms with Crippen molar-refractivity contribution >= 4 is 11.6 Å². The molecular formula is C18H30N2O3. The molecule has 0 saturated heterocycles. The van der Waals surface area contributed by atoms with Gasteiger partial charge in [-0.3, -0.25) is 4.79 Å². The molecule has 1 heterocycles. The standard InChI is InChI=1S/C18H30N2O3/c1-7-9-23-18(6,11-13(3)4)17(21)20-15-10-14(5)16(19-12-15)22-8-2/h10,12-13H,7-9,11H2,1-6H3,(H,20,21)/t18-/m0/s1. The first kappa shape index (κ1) is 19.4. The van der Waals surface area contributed by atoms with E-state index in [0.29, 0.717) is 37.1 Å². The molecule has 0 radical (unpaired) electrons. The molecule has 1 atom stereocenters. The average Bonchev–Trinajstić information content (AvgIpc) is 2.47. The topological polar surface area (TPSA) is 60.5 Å². The van der Waals surface area contributed by atoms with Crippen LogP contribution in [0.2, 0.25) is 0 Å². The van der Waals surface area contributed by atoms with Crippen LogP contribution in [0.5, 0.6) is 5.88 Å². The number of hydrogen-bond acceptors (Lipinski definition) is 4. The SMILES string of the molecule is CCCO[C@@](C)(CC(C)C)C(=O)Nc1cnc(OCC)c(C)c1. The highest BCUT2D eigenvalue weighted by atomic mass is 16.5. The van der Waals surface area contributed by atoms with Gasteiger partial charge in [0.2, 0.25) is 5.88 Å². The zero-order valence-corrected chi connectivity index (χ0v) is 15.2. The maximum atomic E-state index is 12.7. The van der Waals surface area contributed by atoms with Crippen LogP contribution in [-0.4, -0.2) is 29.7 Å². The summed E-state index contributed by atoms with van der Waals surface area (Å²) in [7, 11) is 0. The average molecular weight is 322 g/mol. The zero-order valence-electron chi connectivity index (χ0n) is 15.2. The summed E-state index contributed by atoms with van der Waals surface area (Å²) in [6.45, 7) is 13.0. The Balaban J connectivity index is 2.87. The van der Waals surface area contributed by atoms with Crippen molar-refractivity contribution in [1.29, 1.82) is 0 Å². The van der Waals surface area contributed by atoms with Crippen LogP contribution in [0.3, 0.4) is 0 Å². The van der Waals surface area contributed by atoms with Gasteiger partial charge in [-0.25, -0.2) is 4.98 Å². The van der Waals surface area contributed by atoms with Crippen LogP contribution in [0.15, 0.2) is 12.3 Å². The van der Waals surface area contributed by atoms with E-state index in [0.717, 1.165) is 12.0 Å². The highest BCUT2D eigenvalue weighted by Gasteiger charge is 2.35. The van der Waals surface area contributed by atoms with Gasteiger partial charge in [0.25, 0.3) is 5.91 Å². The highest BCUT2D eigenvalue weighted by Crippen LogP contribution is 2.25. The highest BCUT2D eigenvalue weighted by molar-refractivity contribution is 5.97. The Hall–Kier alpha value is -1.62. The van der Waals surface area contributed by atoms with Gasteiger partial charge in [-0.2, -0.15) is 0 Å². The van der Waals surface area contributed by atoms with Crippen LogP contribution >= 0.6 is 0 Å². The molecule has 23 heavy (non-hydrogen) atoms. The maximum absolute atomic E-state index is 12.7. The molecule has 5 nitrogen and oxygen atoms in total. The van der Waals surface area contributed by atoms with Crippen molar-refractivity contribution in [2.75, 3.05) is 18.5 Å². The summed E-state index contributed by atoms with van der Waals surface area (Å²) in [6, 6.07) is 1.87. The third-order valence-corrected chi connectivity index (χ3v) is 3.47. The molecule has 1 amide bonds. The second-order valence-electron chi connectivity index (χ2n) is 6.41. The summed E-state index contributed by atoms with van der Waals surface area (Å²) in [4.78, 5) is 17.0. The largest absolute Gasteiger partial charge is 0.478 e. The Morgan fingerprint density at radius 3 is 2.61 bits per heavy atom. The first-order valence-electron chi connectivity index (χ1n) is 8.37. The number of ether oxygens (including phenoxy) is 2. The van der Waals surface area contributed by atoms with Gasteiger partial charge in [0.1, 0.15) is 5.60 Å². The lowest BCUT2D eigenvalue weighted by Gasteiger charge is -2.30. The van der Waals surface area contributed by atoms with Crippen molar-refractivity contribution in [2.24, 2.45) is 5.92 Å². The predicted octanol–water partition coefficient (Wildman–Crippen LogP) is 3.96. The van der Waals surface area contributed by atoms with E-state index in [1.807, 2.05) is 33.8 Å². The van der Waals surface area contributed by atoms with Gasteiger partial charge >= 0.3 is 0 Å².